The first-order valence-corrected chi connectivity index (χ1v) is 7.06. The van der Waals surface area contributed by atoms with Gasteiger partial charge in [0.05, 0.1) is 0 Å². The smallest absolute Gasteiger partial charge is 0.195 e. The molecule has 2 aliphatic carbocycles. The molecule has 98 valence electrons. The lowest BCUT2D eigenvalue weighted by Crippen LogP contribution is -2.49. The van der Waals surface area contributed by atoms with Gasteiger partial charge in [0.25, 0.3) is 0 Å². The predicted molar refractivity (Wildman–Crippen MR) is 60.6 cm³/mol. The third-order valence-corrected chi connectivity index (χ3v) is 4.17. The maximum Gasteiger partial charge on any atom is 0.234 e. The Morgan fingerprint density at radius 1 is 0.412 bits per heavy atom. The van der Waals surface area contributed by atoms with Crippen molar-refractivity contribution in [2.45, 2.75) is 82.2 Å². The molecule has 3 aliphatic rings. The van der Waals surface area contributed by atoms with Gasteiger partial charge in [-0.25, -0.2) is 0 Å². The van der Waals surface area contributed by atoms with Crippen molar-refractivity contribution in [1.82, 2.24) is 0 Å². The molecule has 1 aliphatic heterocycles. The van der Waals surface area contributed by atoms with Gasteiger partial charge in [-0.15, -0.1) is 0 Å². The van der Waals surface area contributed by atoms with Crippen LogP contribution in [-0.2, 0) is 19.6 Å². The van der Waals surface area contributed by atoms with Crippen molar-refractivity contribution in [1.29, 1.82) is 0 Å². The fourth-order valence-electron chi connectivity index (χ4n) is 3.02. The van der Waals surface area contributed by atoms with E-state index in [9.17, 15) is 0 Å². The molecule has 0 aromatic heterocycles. The summed E-state index contributed by atoms with van der Waals surface area (Å²) in [5.41, 5.74) is 0. The van der Waals surface area contributed by atoms with Crippen molar-refractivity contribution in [2.24, 2.45) is 0 Å². The lowest BCUT2D eigenvalue weighted by Gasteiger charge is -2.42. The molecule has 3 fully saturated rings. The van der Waals surface area contributed by atoms with Crippen LogP contribution >= 0.6 is 0 Å². The van der Waals surface area contributed by atoms with Crippen LogP contribution in [0, 0.1) is 0 Å². The average Bonchev–Trinajstić information content (AvgIpc) is 2.77. The summed E-state index contributed by atoms with van der Waals surface area (Å²) in [6, 6.07) is 0. The van der Waals surface area contributed by atoms with Gasteiger partial charge in [-0.3, -0.25) is 0 Å². The molecule has 0 N–H and O–H groups in total. The van der Waals surface area contributed by atoms with E-state index in [1.807, 2.05) is 0 Å². The highest BCUT2D eigenvalue weighted by Gasteiger charge is 2.49. The van der Waals surface area contributed by atoms with Gasteiger partial charge in [0.2, 0.25) is 11.6 Å². The van der Waals surface area contributed by atoms with E-state index in [2.05, 4.69) is 0 Å². The van der Waals surface area contributed by atoms with E-state index in [1.165, 1.54) is 19.3 Å². The van der Waals surface area contributed by atoms with Crippen molar-refractivity contribution in [3.05, 3.63) is 0 Å². The van der Waals surface area contributed by atoms with Crippen LogP contribution in [0.3, 0.4) is 0 Å². The normalized spacial score (nSPS) is 32.5. The largest absolute Gasteiger partial charge is 0.234 e. The Balaban J connectivity index is 1.61. The van der Waals surface area contributed by atoms with Gasteiger partial charge in [-0.2, -0.15) is 19.6 Å². The van der Waals surface area contributed by atoms with Crippen molar-refractivity contribution < 1.29 is 19.6 Å². The van der Waals surface area contributed by atoms with E-state index in [0.717, 1.165) is 51.4 Å². The van der Waals surface area contributed by atoms with Crippen LogP contribution < -0.4 is 0 Å². The predicted octanol–water partition coefficient (Wildman–Crippen LogP) is 3.61. The number of hydrogen-bond donors (Lipinski definition) is 0. The first-order valence-electron chi connectivity index (χ1n) is 7.06. The minimum atomic E-state index is -0.631. The molecule has 4 heteroatoms. The van der Waals surface area contributed by atoms with E-state index in [1.54, 1.807) is 0 Å². The van der Waals surface area contributed by atoms with Crippen LogP contribution in [0.1, 0.15) is 70.6 Å². The molecule has 0 aromatic rings. The van der Waals surface area contributed by atoms with Crippen molar-refractivity contribution in [3.63, 3.8) is 0 Å². The number of hydrogen-bond acceptors (Lipinski definition) is 4. The fourth-order valence-corrected chi connectivity index (χ4v) is 3.02. The Labute approximate surface area is 102 Å². The summed E-state index contributed by atoms with van der Waals surface area (Å²) in [6.45, 7) is 0. The van der Waals surface area contributed by atoms with Gasteiger partial charge in [-0.05, 0) is 25.7 Å². The van der Waals surface area contributed by atoms with Crippen LogP contribution in [0.4, 0.5) is 0 Å². The molecule has 0 amide bonds. The summed E-state index contributed by atoms with van der Waals surface area (Å²) in [5.74, 6) is -1.23. The van der Waals surface area contributed by atoms with E-state index in [4.69, 9.17) is 19.6 Å². The molecule has 3 rings (SSSR count). The molecule has 0 atom stereocenters. The van der Waals surface area contributed by atoms with Gasteiger partial charge in [-0.1, -0.05) is 19.3 Å². The van der Waals surface area contributed by atoms with E-state index in [0.29, 0.717) is 0 Å². The number of rotatable bonds is 0. The Morgan fingerprint density at radius 3 is 1.12 bits per heavy atom. The molecule has 2 spiro atoms. The molecule has 0 aromatic carbocycles. The molecule has 0 unspecified atom stereocenters. The summed E-state index contributed by atoms with van der Waals surface area (Å²) < 4.78 is 0. The molecule has 2 saturated carbocycles. The zero-order valence-electron chi connectivity index (χ0n) is 10.4. The molecule has 1 saturated heterocycles. The second-order valence-corrected chi connectivity index (χ2v) is 5.63. The van der Waals surface area contributed by atoms with Crippen LogP contribution in [0.15, 0.2) is 0 Å². The quantitative estimate of drug-likeness (QED) is 0.608. The van der Waals surface area contributed by atoms with Crippen LogP contribution in [0.25, 0.3) is 0 Å². The van der Waals surface area contributed by atoms with Crippen LogP contribution in [0.5, 0.6) is 0 Å². The summed E-state index contributed by atoms with van der Waals surface area (Å²) in [6.07, 6.45) is 11.8. The van der Waals surface area contributed by atoms with Crippen LogP contribution in [-0.4, -0.2) is 11.6 Å². The monoisotopic (exact) mass is 242 g/mol. The Bertz CT molecular complexity index is 240. The van der Waals surface area contributed by atoms with E-state index < -0.39 is 11.6 Å². The first kappa shape index (κ1) is 11.9. The zero-order valence-corrected chi connectivity index (χ0v) is 10.4. The van der Waals surface area contributed by atoms with E-state index in [-0.39, 0.29) is 0 Å². The first-order chi connectivity index (χ1) is 8.33. The third kappa shape index (κ3) is 2.50. The van der Waals surface area contributed by atoms with E-state index >= 15 is 0 Å². The Morgan fingerprint density at radius 2 is 0.706 bits per heavy atom. The van der Waals surface area contributed by atoms with Gasteiger partial charge < -0.3 is 0 Å². The van der Waals surface area contributed by atoms with Crippen LogP contribution in [0.2, 0.25) is 0 Å². The van der Waals surface area contributed by atoms with Crippen molar-refractivity contribution >= 4 is 0 Å². The Kier molecular flexibility index (Phi) is 3.39. The van der Waals surface area contributed by atoms with Gasteiger partial charge >= 0.3 is 0 Å². The maximum absolute atomic E-state index is 5.63. The zero-order chi connectivity index (χ0) is 11.6. The minimum absolute atomic E-state index is 0.604. The maximum atomic E-state index is 5.63. The topological polar surface area (TPSA) is 36.9 Å². The second kappa shape index (κ2) is 4.84. The lowest BCUT2D eigenvalue weighted by atomic mass is 9.96. The summed E-state index contributed by atoms with van der Waals surface area (Å²) in [5, 5.41) is 0. The SMILES string of the molecule is C1CCCC2(CCC1)OOC1(CCCC1)OO2. The van der Waals surface area contributed by atoms with Crippen molar-refractivity contribution in [3.8, 4) is 0 Å². The molecule has 4 nitrogen and oxygen atoms in total. The highest BCUT2D eigenvalue weighted by molar-refractivity contribution is 4.78. The van der Waals surface area contributed by atoms with Gasteiger partial charge in [0, 0.05) is 25.7 Å². The fraction of sp³-hybridized carbons (Fsp3) is 1.00. The van der Waals surface area contributed by atoms with Gasteiger partial charge in [0.1, 0.15) is 0 Å². The molecule has 0 radical (unpaired) electrons. The minimum Gasteiger partial charge on any atom is -0.195 e. The molecule has 17 heavy (non-hydrogen) atoms. The second-order valence-electron chi connectivity index (χ2n) is 5.63. The molecular formula is C13H22O4. The molecular weight excluding hydrogens is 220 g/mol. The average molecular weight is 242 g/mol. The molecule has 0 bridgehead atoms. The van der Waals surface area contributed by atoms with Gasteiger partial charge in [0.15, 0.2) is 0 Å². The Hall–Kier alpha value is -0.160. The summed E-state index contributed by atoms with van der Waals surface area (Å²) in [4.78, 5) is 22.4. The summed E-state index contributed by atoms with van der Waals surface area (Å²) >= 11 is 0. The lowest BCUT2D eigenvalue weighted by molar-refractivity contribution is -0.657. The molecule has 1 heterocycles. The highest BCUT2D eigenvalue weighted by atomic mass is 17.4. The summed E-state index contributed by atoms with van der Waals surface area (Å²) in [7, 11) is 0. The third-order valence-electron chi connectivity index (χ3n) is 4.17. The standard InChI is InChI=1S/C13H22O4/c1-2-4-8-12(9-5-3-1)14-16-13(17-15-12)10-6-7-11-13/h1-11H2. The van der Waals surface area contributed by atoms with Crippen molar-refractivity contribution in [2.75, 3.05) is 0 Å². The highest BCUT2D eigenvalue weighted by Crippen LogP contribution is 2.43.